The van der Waals surface area contributed by atoms with Gasteiger partial charge in [0.25, 0.3) is 0 Å². The predicted octanol–water partition coefficient (Wildman–Crippen LogP) is 18.0. The average molecular weight is 1710 g/mol. The first-order valence-electron chi connectivity index (χ1n) is 48.2. The van der Waals surface area contributed by atoms with Crippen LogP contribution in [0.3, 0.4) is 0 Å². The number of aliphatic hydroxyl groups excluding tert-OH is 9. The molecular formula is C92H173O25P. The van der Waals surface area contributed by atoms with Crippen molar-refractivity contribution < 1.29 is 122 Å². The third-order valence-electron chi connectivity index (χ3n) is 24.0. The van der Waals surface area contributed by atoms with E-state index in [9.17, 15) is 74.6 Å². The van der Waals surface area contributed by atoms with Gasteiger partial charge in [-0.2, -0.15) is 0 Å². The summed E-state index contributed by atoms with van der Waals surface area (Å²) >= 11 is 0. The van der Waals surface area contributed by atoms with E-state index in [1.807, 2.05) is 0 Å². The van der Waals surface area contributed by atoms with Gasteiger partial charge in [-0.3, -0.25) is 28.2 Å². The molecule has 0 amide bonds. The first kappa shape index (κ1) is 110. The lowest BCUT2D eigenvalue weighted by Gasteiger charge is -2.50. The van der Waals surface area contributed by atoms with E-state index < -0.39 is 162 Å². The monoisotopic (exact) mass is 1710 g/mol. The second-order valence-electron chi connectivity index (χ2n) is 34.9. The second-order valence-corrected chi connectivity index (χ2v) is 36.3. The van der Waals surface area contributed by atoms with Crippen LogP contribution in [0.1, 0.15) is 426 Å². The molecule has 19 atom stereocenters. The van der Waals surface area contributed by atoms with E-state index in [-0.39, 0.29) is 25.7 Å². The van der Waals surface area contributed by atoms with Crippen LogP contribution in [-0.2, 0) is 70.7 Å². The zero-order chi connectivity index (χ0) is 86.2. The van der Waals surface area contributed by atoms with Crippen LogP contribution in [0.4, 0.5) is 0 Å². The topological polar surface area (TPSA) is 380 Å². The summed E-state index contributed by atoms with van der Waals surface area (Å²) < 4.78 is 73.6. The van der Waals surface area contributed by atoms with Crippen LogP contribution in [0, 0.1) is 5.92 Å². The second kappa shape index (κ2) is 70.6. The summed E-state index contributed by atoms with van der Waals surface area (Å²) in [7, 11) is -5.80. The SMILES string of the molecule is CCCCCCCCCCCCCCCCCC(=O)OCC1OC(OC2C(OC(=O)CCCCCCCCC(C)CCCCCCCC)C(O)C(O)C(OC3OC(CO)C(O)C(O)C3O)C2OP(=O)(O)OCC(COC(=O)CCCCCCCCCCCCCCC)OC(=O)CCCCCCCCCCCCCCCCC)C(O)C(O)C1O. The minimum Gasteiger partial charge on any atom is -0.463 e. The highest BCUT2D eigenvalue weighted by Gasteiger charge is 2.60. The number of ether oxygens (including phenoxy) is 8. The molecule has 3 fully saturated rings. The van der Waals surface area contributed by atoms with Gasteiger partial charge in [-0.25, -0.2) is 4.57 Å². The minimum absolute atomic E-state index is 0.0197. The van der Waals surface area contributed by atoms with Crippen molar-refractivity contribution in [1.82, 2.24) is 0 Å². The van der Waals surface area contributed by atoms with Gasteiger partial charge in [0.1, 0.15) is 92.6 Å². The third kappa shape index (κ3) is 50.6. The molecule has 3 rings (SSSR count). The summed E-state index contributed by atoms with van der Waals surface area (Å²) in [6.07, 6.45) is 26.6. The van der Waals surface area contributed by atoms with Crippen LogP contribution >= 0.6 is 7.82 Å². The van der Waals surface area contributed by atoms with Crippen LogP contribution in [0.25, 0.3) is 0 Å². The first-order valence-corrected chi connectivity index (χ1v) is 49.7. The Morgan fingerprint density at radius 1 is 0.331 bits per heavy atom. The summed E-state index contributed by atoms with van der Waals surface area (Å²) in [5, 5.41) is 102. The lowest BCUT2D eigenvalue weighted by atomic mass is 9.84. The Labute approximate surface area is 712 Å². The summed E-state index contributed by atoms with van der Waals surface area (Å²) in [5.74, 6) is -2.31. The molecule has 0 aromatic carbocycles. The van der Waals surface area contributed by atoms with Crippen LogP contribution in [0.15, 0.2) is 0 Å². The Morgan fingerprint density at radius 2 is 0.636 bits per heavy atom. The molecule has 26 heteroatoms. The van der Waals surface area contributed by atoms with Crippen molar-refractivity contribution in [2.45, 2.75) is 530 Å². The maximum atomic E-state index is 14.9. The van der Waals surface area contributed by atoms with Gasteiger partial charge in [0, 0.05) is 25.7 Å². The molecule has 0 aromatic rings. The van der Waals surface area contributed by atoms with Crippen molar-refractivity contribution in [2.75, 3.05) is 26.4 Å². The quantitative estimate of drug-likeness (QED) is 0.0117. The molecule has 3 aliphatic rings. The number of esters is 4. The molecule has 118 heavy (non-hydrogen) atoms. The molecule has 696 valence electrons. The van der Waals surface area contributed by atoms with Gasteiger partial charge < -0.3 is 88.7 Å². The van der Waals surface area contributed by atoms with Gasteiger partial charge in [-0.05, 0) is 31.6 Å². The lowest BCUT2D eigenvalue weighted by Crippen LogP contribution is -2.70. The molecule has 2 heterocycles. The van der Waals surface area contributed by atoms with Crippen molar-refractivity contribution in [1.29, 1.82) is 0 Å². The van der Waals surface area contributed by atoms with Crippen molar-refractivity contribution in [3.05, 3.63) is 0 Å². The number of phosphoric acid groups is 1. The van der Waals surface area contributed by atoms with Crippen LogP contribution < -0.4 is 0 Å². The molecule has 0 bridgehead atoms. The molecule has 0 spiro atoms. The Morgan fingerprint density at radius 3 is 1.01 bits per heavy atom. The van der Waals surface area contributed by atoms with Gasteiger partial charge in [-0.15, -0.1) is 0 Å². The zero-order valence-corrected chi connectivity index (χ0v) is 75.3. The predicted molar refractivity (Wildman–Crippen MR) is 458 cm³/mol. The Balaban J connectivity index is 1.92. The Kier molecular flexibility index (Phi) is 65.6. The van der Waals surface area contributed by atoms with E-state index in [4.69, 9.17) is 46.9 Å². The standard InChI is InChI=1S/C92H173O25P/c1-6-10-14-18-22-25-28-31-33-36-39-42-45-52-58-64-76(95)109-70-74-80(99)82(101)86(105)92(113-74)116-89-87(114-78(97)66-60-54-48-47-50-56-62-71(5)61-55-49-21-17-13-9-4)83(102)84(103)88(115-91-85(104)81(100)79(98)73(67-93)112-91)90(89)117-118(106,107)110-69-72(68-108-75(94)63-57-51-44-41-38-35-30-27-24-20-16-12-8-3)111-77(96)65-59-53-46-43-40-37-34-32-29-26-23-19-15-11-7-2/h71-74,79-93,98-105H,6-70H2,1-5H3,(H,106,107). The fraction of sp³-hybridized carbons (Fsp3) is 0.957. The van der Waals surface area contributed by atoms with E-state index in [1.165, 1.54) is 205 Å². The number of carbonyl (C=O) groups is 4. The molecule has 19 unspecified atom stereocenters. The van der Waals surface area contributed by atoms with E-state index in [0.717, 1.165) is 128 Å². The van der Waals surface area contributed by atoms with E-state index in [0.29, 0.717) is 38.0 Å². The van der Waals surface area contributed by atoms with E-state index in [2.05, 4.69) is 34.6 Å². The number of hydrogen-bond donors (Lipinski definition) is 10. The van der Waals surface area contributed by atoms with Crippen LogP contribution in [0.2, 0.25) is 0 Å². The highest BCUT2D eigenvalue weighted by Crippen LogP contribution is 2.49. The number of unbranched alkanes of at least 4 members (excludes halogenated alkanes) is 50. The molecule has 10 N–H and O–H groups in total. The molecule has 2 aliphatic heterocycles. The molecule has 0 radical (unpaired) electrons. The van der Waals surface area contributed by atoms with Crippen molar-refractivity contribution in [3.63, 3.8) is 0 Å². The number of aliphatic hydroxyl groups is 9. The van der Waals surface area contributed by atoms with E-state index >= 15 is 0 Å². The van der Waals surface area contributed by atoms with Crippen molar-refractivity contribution >= 4 is 31.7 Å². The molecule has 2 saturated heterocycles. The van der Waals surface area contributed by atoms with Gasteiger partial charge in [0.2, 0.25) is 0 Å². The molecule has 25 nitrogen and oxygen atoms in total. The Bertz CT molecular complexity index is 2470. The Hall–Kier alpha value is -2.53. The fourth-order valence-electron chi connectivity index (χ4n) is 16.3. The largest absolute Gasteiger partial charge is 0.472 e. The normalized spacial score (nSPS) is 25.1. The van der Waals surface area contributed by atoms with Gasteiger partial charge in [-0.1, -0.05) is 375 Å². The zero-order valence-electron chi connectivity index (χ0n) is 74.4. The third-order valence-corrected chi connectivity index (χ3v) is 25.0. The maximum absolute atomic E-state index is 14.9. The number of carbonyl (C=O) groups excluding carboxylic acids is 4. The maximum Gasteiger partial charge on any atom is 0.472 e. The van der Waals surface area contributed by atoms with E-state index in [1.54, 1.807) is 0 Å². The molecule has 1 saturated carbocycles. The van der Waals surface area contributed by atoms with Gasteiger partial charge in [0.05, 0.1) is 13.2 Å². The lowest BCUT2D eigenvalue weighted by molar-refractivity contribution is -0.360. The molecule has 0 aromatic heterocycles. The first-order chi connectivity index (χ1) is 57.1. The summed E-state index contributed by atoms with van der Waals surface area (Å²) in [6, 6.07) is 0. The smallest absolute Gasteiger partial charge is 0.463 e. The van der Waals surface area contributed by atoms with Crippen LogP contribution in [0.5, 0.6) is 0 Å². The highest BCUT2D eigenvalue weighted by atomic mass is 31.2. The summed E-state index contributed by atoms with van der Waals surface area (Å²) in [5.41, 5.74) is 0. The average Bonchev–Trinajstić information content (AvgIpc) is 0.754. The minimum atomic E-state index is -5.80. The van der Waals surface area contributed by atoms with Gasteiger partial charge >= 0.3 is 31.7 Å². The van der Waals surface area contributed by atoms with Crippen LogP contribution in [-0.4, -0.2) is 205 Å². The van der Waals surface area contributed by atoms with Gasteiger partial charge in [0.15, 0.2) is 24.8 Å². The number of rotatable bonds is 78. The summed E-state index contributed by atoms with van der Waals surface area (Å²) in [4.78, 5) is 66.5. The number of phosphoric ester groups is 1. The summed E-state index contributed by atoms with van der Waals surface area (Å²) in [6.45, 7) is 7.94. The van der Waals surface area contributed by atoms with Crippen molar-refractivity contribution in [2.24, 2.45) is 5.92 Å². The number of hydrogen-bond acceptors (Lipinski definition) is 24. The fourth-order valence-corrected chi connectivity index (χ4v) is 17.2. The molecule has 1 aliphatic carbocycles. The highest BCUT2D eigenvalue weighted by molar-refractivity contribution is 7.47. The van der Waals surface area contributed by atoms with Crippen molar-refractivity contribution in [3.8, 4) is 0 Å². The molecular weight excluding hydrogens is 1540 g/mol.